The van der Waals surface area contributed by atoms with Crippen LogP contribution in [0.3, 0.4) is 0 Å². The largest absolute Gasteiger partial charge is 0.497 e. The Hall–Kier alpha value is -6.93. The van der Waals surface area contributed by atoms with E-state index >= 15 is 0 Å². The van der Waals surface area contributed by atoms with Gasteiger partial charge < -0.3 is 39.4 Å². The molecule has 0 radical (unpaired) electrons. The average molecular weight is 1310 g/mol. The minimum absolute atomic E-state index is 0.0502. The SMILES string of the molecule is COc1cccc(P(=O)(C#Cc2cc(Cl)c(C(=O)N[C@@H](Cc3cccc(S(C)(=O)=O)c3)C(=O)OCc3ccccc3)c(Cl)c2)OC)c1.COc1cccc(P(=O)(O)C#Cc2cc(Cl)c(C(=O)N[C@H](CO)Cc3cccc(S(C)(=O)=O)c3)c(Cl)c2)c1. The van der Waals surface area contributed by atoms with Gasteiger partial charge in [-0.15, -0.1) is 0 Å². The van der Waals surface area contributed by atoms with Gasteiger partial charge in [-0.3, -0.25) is 18.7 Å². The number of amides is 2. The Morgan fingerprint density at radius 2 is 1.01 bits per heavy atom. The summed E-state index contributed by atoms with van der Waals surface area (Å²) in [4.78, 5) is 50.3. The molecular formula is C60H54Cl4N2O15P2S2. The zero-order valence-electron chi connectivity index (χ0n) is 45.8. The first-order chi connectivity index (χ1) is 40.2. The lowest BCUT2D eigenvalue weighted by atomic mass is 10.0. The molecule has 0 aliphatic rings. The van der Waals surface area contributed by atoms with Crippen molar-refractivity contribution in [1.82, 2.24) is 10.6 Å². The minimum atomic E-state index is -4.05. The number of rotatable bonds is 19. The summed E-state index contributed by atoms with van der Waals surface area (Å²) in [6, 6.07) is 37.3. The van der Waals surface area contributed by atoms with Crippen LogP contribution >= 0.6 is 61.1 Å². The molecule has 25 heteroatoms. The summed E-state index contributed by atoms with van der Waals surface area (Å²) in [5, 5.41) is 15.2. The zero-order chi connectivity index (χ0) is 62.3. The molecule has 0 saturated heterocycles. The third-order valence-corrected chi connectivity index (χ3v) is 18.9. The second kappa shape index (κ2) is 29.9. The maximum Gasteiger partial charge on any atom is 0.329 e. The number of halogens is 4. The van der Waals surface area contributed by atoms with E-state index in [1.165, 1.54) is 82.0 Å². The molecule has 0 spiro atoms. The van der Waals surface area contributed by atoms with Crippen molar-refractivity contribution in [3.8, 4) is 34.7 Å². The Kier molecular flexibility index (Phi) is 23.7. The van der Waals surface area contributed by atoms with Gasteiger partial charge in [-0.05, 0) is 119 Å². The normalized spacial score (nSPS) is 13.2. The van der Waals surface area contributed by atoms with Gasteiger partial charge >= 0.3 is 20.7 Å². The highest BCUT2D eigenvalue weighted by molar-refractivity contribution is 7.91. The summed E-state index contributed by atoms with van der Waals surface area (Å²) in [6.07, 6.45) is 2.23. The molecule has 0 fully saturated rings. The molecule has 0 aromatic heterocycles. The van der Waals surface area contributed by atoms with Gasteiger partial charge in [-0.2, -0.15) is 0 Å². The van der Waals surface area contributed by atoms with E-state index in [4.69, 9.17) is 65.1 Å². The van der Waals surface area contributed by atoms with Gasteiger partial charge in [-0.25, -0.2) is 21.6 Å². The monoisotopic (exact) mass is 1310 g/mol. The number of esters is 1. The van der Waals surface area contributed by atoms with Crippen molar-refractivity contribution < 1.29 is 69.1 Å². The maximum atomic E-state index is 13.5. The van der Waals surface area contributed by atoms with Crippen LogP contribution in [0, 0.1) is 23.2 Å². The van der Waals surface area contributed by atoms with E-state index in [0.717, 1.165) is 18.1 Å². The molecule has 7 aromatic carbocycles. The topological polar surface area (TPSA) is 255 Å². The Morgan fingerprint density at radius 1 is 0.565 bits per heavy atom. The molecule has 444 valence electrons. The second-order valence-corrected chi connectivity index (χ2v) is 28.3. The highest BCUT2D eigenvalue weighted by Crippen LogP contribution is 2.44. The number of benzene rings is 7. The van der Waals surface area contributed by atoms with E-state index in [9.17, 15) is 50.3 Å². The van der Waals surface area contributed by atoms with Crippen molar-refractivity contribution in [1.29, 1.82) is 0 Å². The van der Waals surface area contributed by atoms with Gasteiger partial charge in [0, 0.05) is 37.2 Å². The smallest absolute Gasteiger partial charge is 0.329 e. The standard InChI is InChI=1S/C34H30Cl2NO8PS.C26H24Cl2NO7PS/c1-43-26-12-8-13-27(21-26)46(40,44-2)16-15-25-18-29(35)32(30(36)19-25)33(38)37-31(34(39)45-22-23-9-5-4-6-10-23)20-24-11-7-14-28(17-24)47(3,41)42;1-36-20-6-4-7-21(15-20)37(32,33)10-9-18-13-23(27)25(24(28)14-18)26(31)29-19(16-30)11-17-5-3-8-22(12-17)38(2,34)35/h4-14,17-19,21,31H,20,22H2,1-3H3,(H,37,38);3-8,12-15,19,30H,11,16H2,1-2H3,(H,29,31)(H,32,33)/t31-,46?;19-/m00/s1. The Morgan fingerprint density at radius 3 is 1.49 bits per heavy atom. The fourth-order valence-corrected chi connectivity index (χ4v) is 12.9. The van der Waals surface area contributed by atoms with Gasteiger partial charge in [0.05, 0.1) is 78.5 Å². The summed E-state index contributed by atoms with van der Waals surface area (Å²) >= 11 is 25.6. The quantitative estimate of drug-likeness (QED) is 0.0334. The molecule has 7 aromatic rings. The van der Waals surface area contributed by atoms with Gasteiger partial charge in [0.2, 0.25) is 0 Å². The number of methoxy groups -OCH3 is 2. The van der Waals surface area contributed by atoms with Crippen LogP contribution < -0.4 is 30.7 Å². The average Bonchev–Trinajstić information content (AvgIpc) is 3.30. The third-order valence-electron chi connectivity index (χ3n) is 12.2. The van der Waals surface area contributed by atoms with Crippen LogP contribution in [0.5, 0.6) is 11.5 Å². The first kappa shape index (κ1) is 67.2. The first-order valence-electron chi connectivity index (χ1n) is 25.0. The summed E-state index contributed by atoms with van der Waals surface area (Å²) < 4.78 is 95.1. The summed E-state index contributed by atoms with van der Waals surface area (Å²) in [6.45, 7) is -0.477. The lowest BCUT2D eigenvalue weighted by Gasteiger charge is -2.19. The fourth-order valence-electron chi connectivity index (χ4n) is 7.87. The molecule has 85 heavy (non-hydrogen) atoms. The summed E-state index contributed by atoms with van der Waals surface area (Å²) in [5.41, 5.74) is 7.07. The lowest BCUT2D eigenvalue weighted by molar-refractivity contribution is -0.147. The van der Waals surface area contributed by atoms with Crippen LogP contribution in [0.2, 0.25) is 20.1 Å². The Labute approximate surface area is 512 Å². The van der Waals surface area contributed by atoms with Crippen LogP contribution in [0.1, 0.15) is 48.5 Å². The number of aliphatic hydroxyl groups excluding tert-OH is 1. The Bertz CT molecular complexity index is 4070. The number of hydrogen-bond acceptors (Lipinski definition) is 14. The highest BCUT2D eigenvalue weighted by atomic mass is 35.5. The predicted octanol–water partition coefficient (Wildman–Crippen LogP) is 9.69. The fraction of sp³-hybridized carbons (Fsp3) is 0.183. The number of sulfone groups is 2. The maximum absolute atomic E-state index is 13.5. The van der Waals surface area contributed by atoms with E-state index in [1.807, 2.05) is 6.07 Å². The number of carbonyl (C=O) groups excluding carboxylic acids is 3. The molecule has 4 N–H and O–H groups in total. The molecule has 2 unspecified atom stereocenters. The van der Waals surface area contributed by atoms with E-state index in [0.29, 0.717) is 27.9 Å². The molecule has 4 atom stereocenters. The molecule has 0 saturated carbocycles. The van der Waals surface area contributed by atoms with Crippen molar-refractivity contribution in [2.75, 3.05) is 40.4 Å². The molecule has 0 bridgehead atoms. The van der Waals surface area contributed by atoms with Crippen LogP contribution in [0.15, 0.2) is 161 Å². The molecular weight excluding hydrogens is 1260 g/mol. The number of nitrogens with one attached hydrogen (secondary N) is 2. The van der Waals surface area contributed by atoms with Crippen molar-refractivity contribution >= 4 is 109 Å². The second-order valence-electron chi connectivity index (χ2n) is 18.5. The van der Waals surface area contributed by atoms with Gasteiger partial charge in [0.25, 0.3) is 11.8 Å². The summed E-state index contributed by atoms with van der Waals surface area (Å²) in [7, 11) is -10.4. The van der Waals surface area contributed by atoms with Crippen molar-refractivity contribution in [2.45, 2.75) is 41.3 Å². The number of ether oxygens (including phenoxy) is 3. The van der Waals surface area contributed by atoms with E-state index in [2.05, 4.69) is 33.8 Å². The predicted molar refractivity (Wildman–Crippen MR) is 329 cm³/mol. The Balaban J connectivity index is 0.000000279. The van der Waals surface area contributed by atoms with Crippen LogP contribution in [0.4, 0.5) is 0 Å². The van der Waals surface area contributed by atoms with Gasteiger partial charge in [-0.1, -0.05) is 125 Å². The highest BCUT2D eigenvalue weighted by Gasteiger charge is 2.28. The molecule has 2 amide bonds. The van der Waals surface area contributed by atoms with Crippen molar-refractivity contribution in [3.63, 3.8) is 0 Å². The van der Waals surface area contributed by atoms with Crippen molar-refractivity contribution in [2.24, 2.45) is 0 Å². The van der Waals surface area contributed by atoms with Crippen LogP contribution in [0.25, 0.3) is 0 Å². The molecule has 0 aliphatic carbocycles. The number of hydrogen-bond donors (Lipinski definition) is 4. The first-order valence-corrected chi connectivity index (χ1v) is 33.6. The van der Waals surface area contributed by atoms with E-state index in [-0.39, 0.29) is 76.9 Å². The van der Waals surface area contributed by atoms with E-state index < -0.39 is 70.9 Å². The minimum Gasteiger partial charge on any atom is -0.497 e. The number of aliphatic hydroxyl groups is 1. The van der Waals surface area contributed by atoms with Gasteiger partial charge in [0.15, 0.2) is 19.7 Å². The van der Waals surface area contributed by atoms with E-state index in [1.54, 1.807) is 84.9 Å². The number of carbonyl (C=O) groups is 3. The third kappa shape index (κ3) is 19.0. The molecule has 0 heterocycles. The van der Waals surface area contributed by atoms with Crippen LogP contribution in [-0.4, -0.2) is 97.2 Å². The van der Waals surface area contributed by atoms with Crippen LogP contribution in [-0.2, 0) is 62.3 Å². The molecule has 0 aliphatic heterocycles. The van der Waals surface area contributed by atoms with Crippen molar-refractivity contribution in [3.05, 3.63) is 211 Å². The summed E-state index contributed by atoms with van der Waals surface area (Å²) in [5.74, 6) is 4.02. The zero-order valence-corrected chi connectivity index (χ0v) is 52.3. The molecule has 17 nitrogen and oxygen atoms in total. The molecule has 7 rings (SSSR count). The lowest BCUT2D eigenvalue weighted by Crippen LogP contribution is -2.43. The van der Waals surface area contributed by atoms with Gasteiger partial charge in [0.1, 0.15) is 24.1 Å².